The molecule has 1 aromatic carbocycles. The zero-order valence-electron chi connectivity index (χ0n) is 15.7. The molecule has 2 aliphatic rings. The second-order valence-electron chi connectivity index (χ2n) is 6.81. The zero-order chi connectivity index (χ0) is 19.4. The predicted octanol–water partition coefficient (Wildman–Crippen LogP) is 3.70. The molecule has 8 heteroatoms. The van der Waals surface area contributed by atoms with E-state index in [4.69, 9.17) is 16.6 Å². The fourth-order valence-electron chi connectivity index (χ4n) is 3.32. The summed E-state index contributed by atoms with van der Waals surface area (Å²) in [5.74, 6) is 0.401. The largest absolute Gasteiger partial charge is 0.336 e. The summed E-state index contributed by atoms with van der Waals surface area (Å²) in [5.41, 5.74) is 1.03. The van der Waals surface area contributed by atoms with Crippen molar-refractivity contribution in [2.45, 2.75) is 50.6 Å². The van der Waals surface area contributed by atoms with Crippen LogP contribution in [-0.2, 0) is 10.5 Å². The molecule has 0 radical (unpaired) electrons. The Balaban J connectivity index is 1.76. The number of hydrogen-bond donors (Lipinski definition) is 1. The molecule has 1 fully saturated rings. The average molecular weight is 409 g/mol. The molecule has 146 valence electrons. The van der Waals surface area contributed by atoms with Crippen LogP contribution in [0.25, 0.3) is 0 Å². The highest BCUT2D eigenvalue weighted by atomic mass is 35.5. The van der Waals surface area contributed by atoms with Crippen LogP contribution in [0.2, 0.25) is 5.02 Å². The lowest BCUT2D eigenvalue weighted by atomic mass is 10.1. The third-order valence-corrected chi connectivity index (χ3v) is 6.31. The van der Waals surface area contributed by atoms with Gasteiger partial charge in [0.2, 0.25) is 0 Å². The Morgan fingerprint density at radius 2 is 2.00 bits per heavy atom. The van der Waals surface area contributed by atoms with Crippen LogP contribution >= 0.6 is 23.4 Å². The number of aliphatic imine (C=N–C) groups is 1. The van der Waals surface area contributed by atoms with E-state index in [1.807, 2.05) is 24.3 Å². The normalized spacial score (nSPS) is 22.0. The van der Waals surface area contributed by atoms with E-state index in [0.29, 0.717) is 5.75 Å². The lowest BCUT2D eigenvalue weighted by Gasteiger charge is -2.36. The lowest BCUT2D eigenvalue weighted by molar-refractivity contribution is -0.127. The molecular weight excluding hydrogens is 384 g/mol. The van der Waals surface area contributed by atoms with Gasteiger partial charge in [-0.15, -0.1) is 0 Å². The van der Waals surface area contributed by atoms with Crippen molar-refractivity contribution in [3.8, 4) is 0 Å². The standard InChI is InChI=1S/C19H25ClN4O2S/c1-3-4-5-8-11-24-15-16(23(2)18(26)22-17(15)25)21-19(24)27-12-13-9-6-7-10-14(13)20/h6-7,9-10,15-16H,3-5,8,11-12H2,1-2H3,(H,22,25,26). The van der Waals surface area contributed by atoms with Gasteiger partial charge in [-0.3, -0.25) is 10.1 Å². The lowest BCUT2D eigenvalue weighted by Crippen LogP contribution is -2.63. The minimum atomic E-state index is -0.467. The molecule has 3 amide bonds. The van der Waals surface area contributed by atoms with Crippen molar-refractivity contribution < 1.29 is 9.59 Å². The number of halogens is 1. The summed E-state index contributed by atoms with van der Waals surface area (Å²) in [7, 11) is 1.68. The molecule has 2 heterocycles. The summed E-state index contributed by atoms with van der Waals surface area (Å²) in [5, 5.41) is 3.96. The number of hydrogen-bond acceptors (Lipinski definition) is 5. The number of carbonyl (C=O) groups is 2. The number of imide groups is 1. The Hall–Kier alpha value is -1.73. The number of likely N-dealkylation sites (N-methyl/N-ethyl adjacent to an activating group) is 1. The molecule has 3 rings (SSSR count). The number of benzene rings is 1. The first-order valence-electron chi connectivity index (χ1n) is 9.31. The van der Waals surface area contributed by atoms with Crippen molar-refractivity contribution in [1.29, 1.82) is 0 Å². The van der Waals surface area contributed by atoms with Gasteiger partial charge in [-0.25, -0.2) is 9.79 Å². The summed E-state index contributed by atoms with van der Waals surface area (Å²) in [4.78, 5) is 32.8. The smallest absolute Gasteiger partial charge is 0.325 e. The fraction of sp³-hybridized carbons (Fsp3) is 0.526. The fourth-order valence-corrected chi connectivity index (χ4v) is 4.69. The minimum absolute atomic E-state index is 0.268. The van der Waals surface area contributed by atoms with Crippen molar-refractivity contribution in [2.24, 2.45) is 4.99 Å². The topological polar surface area (TPSA) is 65.0 Å². The Kier molecular flexibility index (Phi) is 6.65. The van der Waals surface area contributed by atoms with Gasteiger partial charge in [0.15, 0.2) is 17.4 Å². The van der Waals surface area contributed by atoms with Gasteiger partial charge in [0.05, 0.1) is 0 Å². The number of amidine groups is 1. The van der Waals surface area contributed by atoms with Crippen molar-refractivity contribution in [1.82, 2.24) is 15.1 Å². The first-order valence-corrected chi connectivity index (χ1v) is 10.7. The van der Waals surface area contributed by atoms with Gasteiger partial charge < -0.3 is 9.80 Å². The Morgan fingerprint density at radius 3 is 2.74 bits per heavy atom. The van der Waals surface area contributed by atoms with E-state index >= 15 is 0 Å². The molecule has 1 N–H and O–H groups in total. The van der Waals surface area contributed by atoms with E-state index in [-0.39, 0.29) is 5.91 Å². The molecule has 0 aliphatic carbocycles. The van der Waals surface area contributed by atoms with Crippen LogP contribution in [0, 0.1) is 0 Å². The molecule has 6 nitrogen and oxygen atoms in total. The quantitative estimate of drug-likeness (QED) is 0.698. The van der Waals surface area contributed by atoms with E-state index in [2.05, 4.69) is 17.1 Å². The summed E-state index contributed by atoms with van der Waals surface area (Å²) < 4.78 is 0. The van der Waals surface area contributed by atoms with Crippen LogP contribution in [0.4, 0.5) is 4.79 Å². The predicted molar refractivity (Wildman–Crippen MR) is 110 cm³/mol. The van der Waals surface area contributed by atoms with Gasteiger partial charge in [-0.1, -0.05) is 67.7 Å². The maximum Gasteiger partial charge on any atom is 0.325 e. The zero-order valence-corrected chi connectivity index (χ0v) is 17.2. The summed E-state index contributed by atoms with van der Waals surface area (Å²) in [6.07, 6.45) is 3.97. The van der Waals surface area contributed by atoms with E-state index in [0.717, 1.165) is 41.6 Å². The molecule has 0 spiro atoms. The van der Waals surface area contributed by atoms with Gasteiger partial charge >= 0.3 is 6.03 Å². The van der Waals surface area contributed by atoms with E-state index in [9.17, 15) is 9.59 Å². The van der Waals surface area contributed by atoms with Gasteiger partial charge in [-0.05, 0) is 18.1 Å². The van der Waals surface area contributed by atoms with Crippen molar-refractivity contribution >= 4 is 40.5 Å². The first-order chi connectivity index (χ1) is 13.0. The highest BCUT2D eigenvalue weighted by Gasteiger charge is 2.48. The highest BCUT2D eigenvalue weighted by Crippen LogP contribution is 2.31. The summed E-state index contributed by atoms with van der Waals surface area (Å²) in [6, 6.07) is 6.88. The molecule has 0 saturated carbocycles. The van der Waals surface area contributed by atoms with Crippen LogP contribution in [-0.4, -0.2) is 52.7 Å². The second kappa shape index (κ2) is 8.97. The third-order valence-electron chi connectivity index (χ3n) is 4.89. The number of nitrogens with zero attached hydrogens (tertiary/aromatic N) is 3. The first kappa shape index (κ1) is 20.0. The van der Waals surface area contributed by atoms with Gasteiger partial charge in [0.25, 0.3) is 5.91 Å². The molecule has 1 aromatic rings. The number of unbranched alkanes of at least 4 members (excludes halogenated alkanes) is 3. The van der Waals surface area contributed by atoms with E-state index < -0.39 is 18.2 Å². The SMILES string of the molecule is CCCCCCN1C(SCc2ccccc2Cl)=NC2C1C(=O)NC(=O)N2C. The Labute approximate surface area is 169 Å². The van der Waals surface area contributed by atoms with Crippen LogP contribution in [0.15, 0.2) is 29.3 Å². The highest BCUT2D eigenvalue weighted by molar-refractivity contribution is 8.13. The van der Waals surface area contributed by atoms with Crippen LogP contribution < -0.4 is 5.32 Å². The number of urea groups is 1. The Morgan fingerprint density at radius 1 is 1.22 bits per heavy atom. The van der Waals surface area contributed by atoms with Gasteiger partial charge in [-0.2, -0.15) is 0 Å². The number of nitrogens with one attached hydrogen (secondary N) is 1. The number of fused-ring (bicyclic) bond motifs is 1. The molecule has 2 unspecified atom stereocenters. The van der Waals surface area contributed by atoms with Gasteiger partial charge in [0, 0.05) is 24.4 Å². The molecule has 27 heavy (non-hydrogen) atoms. The molecule has 2 aliphatic heterocycles. The monoisotopic (exact) mass is 408 g/mol. The number of rotatable bonds is 7. The molecule has 0 bridgehead atoms. The van der Waals surface area contributed by atoms with Crippen molar-refractivity contribution in [2.75, 3.05) is 13.6 Å². The maximum atomic E-state index is 12.5. The number of carbonyl (C=O) groups excluding carboxylic acids is 2. The molecule has 1 saturated heterocycles. The maximum absolute atomic E-state index is 12.5. The average Bonchev–Trinajstić information content (AvgIpc) is 3.02. The van der Waals surface area contributed by atoms with E-state index in [1.54, 1.807) is 18.8 Å². The number of thioether (sulfide) groups is 1. The van der Waals surface area contributed by atoms with Gasteiger partial charge in [0.1, 0.15) is 0 Å². The molecular formula is C19H25ClN4O2S. The minimum Gasteiger partial charge on any atom is -0.336 e. The van der Waals surface area contributed by atoms with Crippen LogP contribution in [0.3, 0.4) is 0 Å². The second-order valence-corrected chi connectivity index (χ2v) is 8.16. The molecule has 0 aromatic heterocycles. The van der Waals surface area contributed by atoms with Crippen LogP contribution in [0.5, 0.6) is 0 Å². The molecule has 2 atom stereocenters. The third kappa shape index (κ3) is 4.41. The van der Waals surface area contributed by atoms with Crippen LogP contribution in [0.1, 0.15) is 38.2 Å². The number of amides is 3. The summed E-state index contributed by atoms with van der Waals surface area (Å²) >= 11 is 7.84. The van der Waals surface area contributed by atoms with Crippen molar-refractivity contribution in [3.63, 3.8) is 0 Å². The summed E-state index contributed by atoms with van der Waals surface area (Å²) in [6.45, 7) is 2.93. The Bertz CT molecular complexity index is 742. The van der Waals surface area contributed by atoms with Crippen molar-refractivity contribution in [3.05, 3.63) is 34.9 Å². The van der Waals surface area contributed by atoms with E-state index in [1.165, 1.54) is 11.3 Å².